The van der Waals surface area contributed by atoms with Gasteiger partial charge in [-0.05, 0) is 23.6 Å². The molecule has 0 saturated carbocycles. The molecule has 0 unspecified atom stereocenters. The molecule has 1 aromatic carbocycles. The lowest BCUT2D eigenvalue weighted by Gasteiger charge is -2.17. The van der Waals surface area contributed by atoms with Gasteiger partial charge in [-0.15, -0.1) is 11.3 Å². The minimum atomic E-state index is -1.59. The SMILES string of the molecule is [2H]c1ccc(C([2H])([2H])N(C)c2ccccc2)s1. The van der Waals surface area contributed by atoms with Crippen molar-refractivity contribution in [3.8, 4) is 0 Å². The van der Waals surface area contributed by atoms with Gasteiger partial charge >= 0.3 is 0 Å². The quantitative estimate of drug-likeness (QED) is 0.744. The second-order valence-electron chi connectivity index (χ2n) is 2.92. The molecule has 0 atom stereocenters. The summed E-state index contributed by atoms with van der Waals surface area (Å²) in [6, 6.07) is 12.7. The van der Waals surface area contributed by atoms with E-state index in [0.717, 1.165) is 5.69 Å². The Morgan fingerprint density at radius 2 is 2.07 bits per heavy atom. The molecule has 0 aliphatic heterocycles. The molecule has 0 radical (unpaired) electrons. The molecule has 1 heterocycles. The van der Waals surface area contributed by atoms with Crippen LogP contribution in [0.3, 0.4) is 0 Å². The van der Waals surface area contributed by atoms with E-state index in [1.54, 1.807) is 24.1 Å². The third-order valence-corrected chi connectivity index (χ3v) is 2.59. The van der Waals surface area contributed by atoms with Crippen LogP contribution in [0.25, 0.3) is 0 Å². The van der Waals surface area contributed by atoms with Gasteiger partial charge in [0.2, 0.25) is 0 Å². The summed E-state index contributed by atoms with van der Waals surface area (Å²) < 4.78 is 23.8. The molecule has 0 N–H and O–H groups in total. The fourth-order valence-corrected chi connectivity index (χ4v) is 1.76. The summed E-state index contributed by atoms with van der Waals surface area (Å²) in [6.07, 6.45) is 0. The molecule has 0 aliphatic rings. The Kier molecular flexibility index (Phi) is 1.91. The molecule has 0 saturated heterocycles. The van der Waals surface area contributed by atoms with Crippen LogP contribution in [0.4, 0.5) is 5.69 Å². The third kappa shape index (κ3) is 2.15. The summed E-state index contributed by atoms with van der Waals surface area (Å²) in [5, 5.41) is 0.380. The molecule has 14 heavy (non-hydrogen) atoms. The van der Waals surface area contributed by atoms with Gasteiger partial charge in [-0.25, -0.2) is 0 Å². The summed E-state index contributed by atoms with van der Waals surface area (Å²) in [4.78, 5) is 2.13. The first-order valence-corrected chi connectivity index (χ1v) is 5.19. The van der Waals surface area contributed by atoms with E-state index in [1.807, 2.05) is 30.3 Å². The van der Waals surface area contributed by atoms with Crippen molar-refractivity contribution in [3.05, 3.63) is 52.7 Å². The summed E-state index contributed by atoms with van der Waals surface area (Å²) in [7, 11) is 1.72. The molecule has 72 valence electrons. The summed E-state index contributed by atoms with van der Waals surface area (Å²) >= 11 is 1.17. The number of benzene rings is 1. The molecule has 0 aliphatic carbocycles. The van der Waals surface area contributed by atoms with Crippen molar-refractivity contribution in [3.63, 3.8) is 0 Å². The fourth-order valence-electron chi connectivity index (χ4n) is 1.18. The van der Waals surface area contributed by atoms with Gasteiger partial charge in [0.15, 0.2) is 0 Å². The number of thiophene rings is 1. The van der Waals surface area contributed by atoms with Gasteiger partial charge in [0, 0.05) is 17.6 Å². The Morgan fingerprint density at radius 3 is 2.71 bits per heavy atom. The number of rotatable bonds is 3. The highest BCUT2D eigenvalue weighted by atomic mass is 32.1. The lowest BCUT2D eigenvalue weighted by molar-refractivity contribution is 0.940. The lowest BCUT2D eigenvalue weighted by Crippen LogP contribution is -2.15. The van der Waals surface area contributed by atoms with Gasteiger partial charge in [0.25, 0.3) is 0 Å². The van der Waals surface area contributed by atoms with Crippen LogP contribution in [0.5, 0.6) is 0 Å². The maximum absolute atomic E-state index is 8.14. The highest BCUT2D eigenvalue weighted by Crippen LogP contribution is 2.17. The molecule has 0 fully saturated rings. The van der Waals surface area contributed by atoms with Crippen LogP contribution in [0.2, 0.25) is 0 Å². The van der Waals surface area contributed by atoms with E-state index in [1.165, 1.54) is 11.3 Å². The van der Waals surface area contributed by atoms with Crippen molar-refractivity contribution in [2.75, 3.05) is 11.9 Å². The van der Waals surface area contributed by atoms with Crippen LogP contribution in [-0.2, 0) is 6.50 Å². The molecule has 0 spiro atoms. The van der Waals surface area contributed by atoms with Gasteiger partial charge in [0.1, 0.15) is 0 Å². The molecule has 2 rings (SSSR count). The topological polar surface area (TPSA) is 3.24 Å². The summed E-state index contributed by atoms with van der Waals surface area (Å²) in [5.41, 5.74) is 0.817. The van der Waals surface area contributed by atoms with Gasteiger partial charge in [-0.1, -0.05) is 24.3 Å². The fraction of sp³-hybridized carbons (Fsp3) is 0.167. The van der Waals surface area contributed by atoms with Crippen molar-refractivity contribution in [2.45, 2.75) is 6.50 Å². The van der Waals surface area contributed by atoms with Crippen molar-refractivity contribution >= 4 is 17.0 Å². The Balaban J connectivity index is 2.33. The molecular weight excluding hydrogens is 190 g/mol. The number of hydrogen-bond donors (Lipinski definition) is 0. The monoisotopic (exact) mass is 206 g/mol. The number of nitrogens with zero attached hydrogens (tertiary/aromatic N) is 1. The van der Waals surface area contributed by atoms with Crippen LogP contribution >= 0.6 is 11.3 Å². The van der Waals surface area contributed by atoms with E-state index in [4.69, 9.17) is 4.11 Å². The second kappa shape index (κ2) is 4.29. The van der Waals surface area contributed by atoms with E-state index >= 15 is 0 Å². The average molecular weight is 206 g/mol. The van der Waals surface area contributed by atoms with Crippen LogP contribution < -0.4 is 4.90 Å². The first-order valence-electron chi connectivity index (χ1n) is 5.87. The Bertz CT molecular complexity index is 495. The predicted octanol–water partition coefficient (Wildman–Crippen LogP) is 3.38. The van der Waals surface area contributed by atoms with Gasteiger partial charge in [-0.3, -0.25) is 0 Å². The zero-order valence-electron chi connectivity index (χ0n) is 10.9. The zero-order valence-corrected chi connectivity index (χ0v) is 8.71. The number of para-hydroxylation sites is 1. The predicted molar refractivity (Wildman–Crippen MR) is 62.9 cm³/mol. The number of anilines is 1. The highest BCUT2D eigenvalue weighted by molar-refractivity contribution is 7.09. The maximum Gasteiger partial charge on any atom is 0.0740 e. The molecule has 2 aromatic rings. The third-order valence-electron chi connectivity index (χ3n) is 1.89. The van der Waals surface area contributed by atoms with Gasteiger partial charge < -0.3 is 4.90 Å². The molecule has 1 aromatic heterocycles. The molecule has 1 nitrogen and oxygen atoms in total. The van der Waals surface area contributed by atoms with Crippen LogP contribution in [0, 0.1) is 0 Å². The first kappa shape index (κ1) is 6.25. The van der Waals surface area contributed by atoms with E-state index < -0.39 is 6.50 Å². The van der Waals surface area contributed by atoms with Crippen LogP contribution in [0.15, 0.2) is 47.8 Å². The molecule has 2 heteroatoms. The normalized spacial score (nSPS) is 14.2. The van der Waals surface area contributed by atoms with Gasteiger partial charge in [0.05, 0.1) is 10.6 Å². The second-order valence-corrected chi connectivity index (χ2v) is 3.80. The Hall–Kier alpha value is -1.28. The van der Waals surface area contributed by atoms with Crippen molar-refractivity contribution in [1.29, 1.82) is 0 Å². The van der Waals surface area contributed by atoms with Crippen LogP contribution in [0.1, 0.15) is 8.99 Å². The highest BCUT2D eigenvalue weighted by Gasteiger charge is 2.00. The zero-order chi connectivity index (χ0) is 12.5. The van der Waals surface area contributed by atoms with E-state index in [9.17, 15) is 0 Å². The Morgan fingerprint density at radius 1 is 1.29 bits per heavy atom. The maximum atomic E-state index is 8.14. The molecular formula is C12H13NS. The summed E-state index contributed by atoms with van der Waals surface area (Å²) in [6.45, 7) is -1.59. The molecule has 0 bridgehead atoms. The van der Waals surface area contributed by atoms with Gasteiger partial charge in [-0.2, -0.15) is 0 Å². The summed E-state index contributed by atoms with van der Waals surface area (Å²) in [5.74, 6) is 0. The van der Waals surface area contributed by atoms with Crippen molar-refractivity contribution in [2.24, 2.45) is 0 Å². The Labute approximate surface area is 92.8 Å². The van der Waals surface area contributed by atoms with E-state index in [0.29, 0.717) is 10.2 Å². The minimum Gasteiger partial charge on any atom is -0.369 e. The smallest absolute Gasteiger partial charge is 0.0740 e. The first-order chi connectivity index (χ1) is 8.01. The van der Waals surface area contributed by atoms with E-state index in [2.05, 4.69) is 0 Å². The molecule has 0 amide bonds. The largest absolute Gasteiger partial charge is 0.369 e. The van der Waals surface area contributed by atoms with Crippen molar-refractivity contribution < 1.29 is 4.11 Å². The lowest BCUT2D eigenvalue weighted by atomic mass is 10.3. The standard InChI is InChI=1S/C12H13NS/c1-13(10-12-8-5-9-14-12)11-6-3-2-4-7-11/h2-9H,10H2,1H3/i9D,10D2. The average Bonchev–Trinajstić information content (AvgIpc) is 2.77. The van der Waals surface area contributed by atoms with Crippen molar-refractivity contribution in [1.82, 2.24) is 0 Å². The minimum absolute atomic E-state index is 0.380. The van der Waals surface area contributed by atoms with E-state index in [-0.39, 0.29) is 0 Å². The number of hydrogen-bond acceptors (Lipinski definition) is 2. The van der Waals surface area contributed by atoms with Crippen LogP contribution in [-0.4, -0.2) is 7.05 Å².